The highest BCUT2D eigenvalue weighted by molar-refractivity contribution is 6.14. The molecule has 2 aromatic heterocycles. The lowest BCUT2D eigenvalue weighted by molar-refractivity contribution is 0.666. The monoisotopic (exact) mass is 499 g/mol. The summed E-state index contributed by atoms with van der Waals surface area (Å²) >= 11 is 0. The van der Waals surface area contributed by atoms with Gasteiger partial charge in [0.2, 0.25) is 0 Å². The molecule has 0 bridgehead atoms. The number of aryl methyl sites for hydroxylation is 1. The van der Waals surface area contributed by atoms with E-state index in [9.17, 15) is 0 Å². The van der Waals surface area contributed by atoms with Crippen molar-refractivity contribution in [3.05, 3.63) is 139 Å². The van der Waals surface area contributed by atoms with Crippen molar-refractivity contribution in [3.8, 4) is 27.9 Å². The Morgan fingerprint density at radius 2 is 1.15 bits per heavy atom. The fraction of sp³-hybridized carbons (Fsp3) is 0.0270. The summed E-state index contributed by atoms with van der Waals surface area (Å²) in [6.07, 6.45) is 0. The predicted molar refractivity (Wildman–Crippen MR) is 164 cm³/mol. The van der Waals surface area contributed by atoms with Crippen LogP contribution >= 0.6 is 0 Å². The van der Waals surface area contributed by atoms with E-state index in [0.717, 1.165) is 22.2 Å². The lowest BCUT2D eigenvalue weighted by Gasteiger charge is -2.12. The molecule has 0 aliphatic heterocycles. The summed E-state index contributed by atoms with van der Waals surface area (Å²) in [5, 5.41) is 4.79. The van der Waals surface area contributed by atoms with Gasteiger partial charge in [0.25, 0.3) is 0 Å². The van der Waals surface area contributed by atoms with E-state index in [0.29, 0.717) is 0 Å². The summed E-state index contributed by atoms with van der Waals surface area (Å²) in [5.74, 6) is 0. The third-order valence-corrected chi connectivity index (χ3v) is 7.91. The topological polar surface area (TPSA) is 18.1 Å². The van der Waals surface area contributed by atoms with Gasteiger partial charge in [0, 0.05) is 21.5 Å². The number of hydrogen-bond donors (Lipinski definition) is 0. The number of fused-ring (bicyclic) bond motifs is 6. The van der Waals surface area contributed by atoms with Crippen LogP contribution in [0.2, 0.25) is 0 Å². The molecular weight excluding hydrogens is 474 g/mol. The molecule has 0 unspecified atom stereocenters. The Balaban J connectivity index is 1.51. The van der Waals surface area contributed by atoms with Crippen LogP contribution in [0.1, 0.15) is 5.56 Å². The number of rotatable bonds is 3. The van der Waals surface area contributed by atoms with E-state index in [4.69, 9.17) is 4.42 Å². The average molecular weight is 500 g/mol. The summed E-state index contributed by atoms with van der Waals surface area (Å²) < 4.78 is 9.03. The number of benzene rings is 6. The van der Waals surface area contributed by atoms with Gasteiger partial charge in [0.05, 0.1) is 16.7 Å². The zero-order valence-corrected chi connectivity index (χ0v) is 21.6. The second kappa shape index (κ2) is 8.47. The maximum Gasteiger partial charge on any atom is 0.159 e. The van der Waals surface area contributed by atoms with Gasteiger partial charge in [-0.3, -0.25) is 0 Å². The van der Waals surface area contributed by atoms with E-state index in [1.165, 1.54) is 55.0 Å². The molecule has 2 nitrogen and oxygen atoms in total. The molecule has 0 N–H and O–H groups in total. The number of aromatic nitrogens is 1. The van der Waals surface area contributed by atoms with Crippen LogP contribution in [0.3, 0.4) is 0 Å². The summed E-state index contributed by atoms with van der Waals surface area (Å²) in [6, 6.07) is 47.6. The molecule has 2 heterocycles. The molecule has 184 valence electrons. The third-order valence-electron chi connectivity index (χ3n) is 7.91. The average Bonchev–Trinajstić information content (AvgIpc) is 3.54. The minimum Gasteiger partial charge on any atom is -0.454 e. The van der Waals surface area contributed by atoms with Gasteiger partial charge in [-0.2, -0.15) is 0 Å². The number of nitrogens with zero attached hydrogens (tertiary/aromatic N) is 1. The van der Waals surface area contributed by atoms with E-state index >= 15 is 0 Å². The maximum absolute atomic E-state index is 6.65. The van der Waals surface area contributed by atoms with Gasteiger partial charge < -0.3 is 8.98 Å². The van der Waals surface area contributed by atoms with E-state index in [2.05, 4.69) is 145 Å². The van der Waals surface area contributed by atoms with Crippen molar-refractivity contribution in [3.63, 3.8) is 0 Å². The number of furan rings is 1. The van der Waals surface area contributed by atoms with Crippen LogP contribution < -0.4 is 0 Å². The van der Waals surface area contributed by atoms with Crippen molar-refractivity contribution < 1.29 is 4.42 Å². The minimum atomic E-state index is 0.911. The van der Waals surface area contributed by atoms with Crippen LogP contribution in [0, 0.1) is 6.92 Å². The molecule has 0 radical (unpaired) electrons. The Morgan fingerprint density at radius 3 is 1.95 bits per heavy atom. The minimum absolute atomic E-state index is 0.911. The van der Waals surface area contributed by atoms with Crippen molar-refractivity contribution in [2.24, 2.45) is 0 Å². The quantitative estimate of drug-likeness (QED) is 0.236. The molecule has 0 atom stereocenters. The Bertz CT molecular complexity index is 2170. The molecule has 0 aliphatic rings. The Labute approximate surface area is 226 Å². The highest BCUT2D eigenvalue weighted by atomic mass is 16.3. The molecular formula is C37H25NO. The highest BCUT2D eigenvalue weighted by Gasteiger charge is 2.20. The largest absolute Gasteiger partial charge is 0.454 e. The first-order valence-corrected chi connectivity index (χ1v) is 13.4. The van der Waals surface area contributed by atoms with Gasteiger partial charge >= 0.3 is 0 Å². The van der Waals surface area contributed by atoms with E-state index in [1.54, 1.807) is 0 Å². The smallest absolute Gasteiger partial charge is 0.159 e. The summed E-state index contributed by atoms with van der Waals surface area (Å²) in [7, 11) is 0. The van der Waals surface area contributed by atoms with Crippen LogP contribution in [0.25, 0.3) is 71.7 Å². The van der Waals surface area contributed by atoms with Gasteiger partial charge in [0.15, 0.2) is 5.58 Å². The zero-order valence-electron chi connectivity index (χ0n) is 21.6. The van der Waals surface area contributed by atoms with Gasteiger partial charge in [0.1, 0.15) is 5.58 Å². The normalized spacial score (nSPS) is 11.7. The molecule has 6 aromatic carbocycles. The second-order valence-corrected chi connectivity index (χ2v) is 10.2. The molecule has 39 heavy (non-hydrogen) atoms. The molecule has 0 saturated carbocycles. The van der Waals surface area contributed by atoms with Crippen LogP contribution in [-0.4, -0.2) is 4.57 Å². The summed E-state index contributed by atoms with van der Waals surface area (Å²) in [6.45, 7) is 2.16. The first-order chi connectivity index (χ1) is 19.3. The Hall–Kier alpha value is -5.08. The maximum atomic E-state index is 6.65. The lowest BCUT2D eigenvalue weighted by Crippen LogP contribution is -1.95. The van der Waals surface area contributed by atoms with E-state index in [-0.39, 0.29) is 0 Å². The van der Waals surface area contributed by atoms with Crippen molar-refractivity contribution >= 4 is 43.7 Å². The molecule has 8 rings (SSSR count). The predicted octanol–water partition coefficient (Wildman–Crippen LogP) is 10.3. The molecule has 0 fully saturated rings. The summed E-state index contributed by atoms with van der Waals surface area (Å²) in [5.41, 5.74) is 11.2. The number of hydrogen-bond acceptors (Lipinski definition) is 1. The van der Waals surface area contributed by atoms with Crippen LogP contribution in [-0.2, 0) is 0 Å². The molecule has 2 heteroatoms. The molecule has 0 spiro atoms. The van der Waals surface area contributed by atoms with Crippen molar-refractivity contribution in [2.75, 3.05) is 0 Å². The van der Waals surface area contributed by atoms with Crippen LogP contribution in [0.4, 0.5) is 0 Å². The fourth-order valence-corrected chi connectivity index (χ4v) is 6.09. The standard InChI is InChI=1S/C37H25NO/c1-24-11-10-18-35-36(24)31-22-28(26-14-6-3-7-15-26)23-34(37(31)39-35)38-32-17-9-8-16-29(32)30-21-27(19-20-33(30)38)25-12-4-2-5-13-25/h2-23H,1H3. The van der Waals surface area contributed by atoms with Crippen molar-refractivity contribution in [1.82, 2.24) is 4.57 Å². The Kier molecular flexibility index (Phi) is 4.77. The fourth-order valence-electron chi connectivity index (χ4n) is 6.09. The van der Waals surface area contributed by atoms with Crippen molar-refractivity contribution in [1.29, 1.82) is 0 Å². The molecule has 0 aliphatic carbocycles. The van der Waals surface area contributed by atoms with Gasteiger partial charge in [-0.1, -0.05) is 97.1 Å². The highest BCUT2D eigenvalue weighted by Crippen LogP contribution is 2.42. The van der Waals surface area contributed by atoms with E-state index in [1.807, 2.05) is 0 Å². The number of para-hydroxylation sites is 1. The SMILES string of the molecule is Cc1cccc2oc3c(-n4c5ccccc5c5cc(-c6ccccc6)ccc54)cc(-c4ccccc4)cc3c12. The van der Waals surface area contributed by atoms with Crippen molar-refractivity contribution in [2.45, 2.75) is 6.92 Å². The van der Waals surface area contributed by atoms with E-state index < -0.39 is 0 Å². The summed E-state index contributed by atoms with van der Waals surface area (Å²) in [4.78, 5) is 0. The van der Waals surface area contributed by atoms with Crippen LogP contribution in [0.15, 0.2) is 138 Å². The zero-order chi connectivity index (χ0) is 25.9. The van der Waals surface area contributed by atoms with Gasteiger partial charge in [-0.25, -0.2) is 0 Å². The third kappa shape index (κ3) is 3.35. The first-order valence-electron chi connectivity index (χ1n) is 13.4. The molecule has 0 saturated heterocycles. The lowest BCUT2D eigenvalue weighted by atomic mass is 10.00. The van der Waals surface area contributed by atoms with Crippen LogP contribution in [0.5, 0.6) is 0 Å². The molecule has 8 aromatic rings. The van der Waals surface area contributed by atoms with Gasteiger partial charge in [-0.05, 0) is 71.1 Å². The Morgan fingerprint density at radius 1 is 0.487 bits per heavy atom. The molecule has 0 amide bonds. The second-order valence-electron chi connectivity index (χ2n) is 10.2. The van der Waals surface area contributed by atoms with Gasteiger partial charge in [-0.15, -0.1) is 0 Å². The first kappa shape index (κ1) is 22.0.